The van der Waals surface area contributed by atoms with Crippen LogP contribution < -0.4 is 13.3 Å². The van der Waals surface area contributed by atoms with Gasteiger partial charge in [-0.15, -0.1) is 0 Å². The number of benzene rings is 3. The van der Waals surface area contributed by atoms with E-state index in [4.69, 9.17) is 4.74 Å². The summed E-state index contributed by atoms with van der Waals surface area (Å²) in [5.41, 5.74) is 0.318. The molecule has 0 spiro atoms. The van der Waals surface area contributed by atoms with Crippen molar-refractivity contribution in [3.05, 3.63) is 84.7 Å². The van der Waals surface area contributed by atoms with Crippen LogP contribution in [0.1, 0.15) is 0 Å². The van der Waals surface area contributed by atoms with Gasteiger partial charge in [0.2, 0.25) is 10.0 Å². The van der Waals surface area contributed by atoms with E-state index >= 15 is 0 Å². The number of para-hydroxylation sites is 2. The fourth-order valence-corrected chi connectivity index (χ4v) is 5.84. The summed E-state index contributed by atoms with van der Waals surface area (Å²) >= 11 is 0. The molecule has 0 radical (unpaired) electrons. The SMILES string of the molecule is COc1ccccc1N(CC(O)CN(c1ccc(F)cc1)S(C)(=O)=O)S(=O)(=O)c1ccccc1. The van der Waals surface area contributed by atoms with E-state index in [0.717, 1.165) is 27.0 Å². The van der Waals surface area contributed by atoms with Gasteiger partial charge in [-0.1, -0.05) is 30.3 Å². The van der Waals surface area contributed by atoms with Gasteiger partial charge in [-0.05, 0) is 48.5 Å². The highest BCUT2D eigenvalue weighted by Crippen LogP contribution is 2.32. The summed E-state index contributed by atoms with van der Waals surface area (Å²) in [4.78, 5) is -0.00777. The van der Waals surface area contributed by atoms with E-state index < -0.39 is 45.1 Å². The number of aliphatic hydroxyl groups is 1. The van der Waals surface area contributed by atoms with Crippen molar-refractivity contribution >= 4 is 31.4 Å². The molecule has 0 aliphatic rings. The maximum absolute atomic E-state index is 13.5. The number of rotatable bonds is 10. The fraction of sp³-hybridized carbons (Fsp3) is 0.217. The Morgan fingerprint density at radius 1 is 0.853 bits per heavy atom. The Hall–Kier alpha value is -3.15. The second-order valence-electron chi connectivity index (χ2n) is 7.45. The molecule has 8 nitrogen and oxygen atoms in total. The molecular formula is C23H25FN2O6S2. The van der Waals surface area contributed by atoms with Crippen LogP contribution in [-0.2, 0) is 20.0 Å². The zero-order valence-corrected chi connectivity index (χ0v) is 20.2. The maximum atomic E-state index is 13.5. The van der Waals surface area contributed by atoms with Gasteiger partial charge in [-0.2, -0.15) is 0 Å². The number of hydrogen-bond acceptors (Lipinski definition) is 6. The average molecular weight is 509 g/mol. The Bertz CT molecular complexity index is 1320. The van der Waals surface area contributed by atoms with Crippen molar-refractivity contribution in [2.24, 2.45) is 0 Å². The number of nitrogens with zero attached hydrogens (tertiary/aromatic N) is 2. The molecule has 0 saturated heterocycles. The van der Waals surface area contributed by atoms with Gasteiger partial charge in [0.1, 0.15) is 11.6 Å². The lowest BCUT2D eigenvalue weighted by atomic mass is 10.2. The number of methoxy groups -OCH3 is 1. The number of anilines is 2. The Morgan fingerprint density at radius 3 is 2.00 bits per heavy atom. The molecule has 3 rings (SSSR count). The summed E-state index contributed by atoms with van der Waals surface area (Å²) in [5, 5.41) is 10.9. The molecule has 0 fully saturated rings. The lowest BCUT2D eigenvalue weighted by molar-refractivity contribution is 0.193. The van der Waals surface area contributed by atoms with Gasteiger partial charge in [0, 0.05) is 0 Å². The highest BCUT2D eigenvalue weighted by Gasteiger charge is 2.31. The van der Waals surface area contributed by atoms with E-state index in [1.54, 1.807) is 36.4 Å². The summed E-state index contributed by atoms with van der Waals surface area (Å²) in [6.45, 7) is -0.925. The molecule has 0 aromatic heterocycles. The first-order valence-electron chi connectivity index (χ1n) is 10.2. The zero-order chi connectivity index (χ0) is 24.9. The average Bonchev–Trinajstić information content (AvgIpc) is 2.81. The number of hydrogen-bond donors (Lipinski definition) is 1. The molecule has 11 heteroatoms. The lowest BCUT2D eigenvalue weighted by Gasteiger charge is -2.30. The third-order valence-corrected chi connectivity index (χ3v) is 7.91. The van der Waals surface area contributed by atoms with Crippen LogP contribution in [0, 0.1) is 5.82 Å². The van der Waals surface area contributed by atoms with Crippen molar-refractivity contribution in [2.45, 2.75) is 11.0 Å². The Labute approximate surface area is 198 Å². The second-order valence-corrected chi connectivity index (χ2v) is 11.2. The fourth-order valence-electron chi connectivity index (χ4n) is 3.36. The third-order valence-electron chi connectivity index (χ3n) is 4.95. The van der Waals surface area contributed by atoms with Crippen LogP contribution in [0.3, 0.4) is 0 Å². The molecule has 0 aliphatic carbocycles. The van der Waals surface area contributed by atoms with Crippen molar-refractivity contribution in [2.75, 3.05) is 35.1 Å². The molecule has 3 aromatic rings. The minimum Gasteiger partial charge on any atom is -0.495 e. The van der Waals surface area contributed by atoms with Crippen LogP contribution >= 0.6 is 0 Å². The van der Waals surface area contributed by atoms with E-state index in [1.807, 2.05) is 0 Å². The van der Waals surface area contributed by atoms with Gasteiger partial charge in [-0.3, -0.25) is 8.61 Å². The van der Waals surface area contributed by atoms with Crippen molar-refractivity contribution in [3.63, 3.8) is 0 Å². The summed E-state index contributed by atoms with van der Waals surface area (Å²) < 4.78 is 72.4. The molecule has 0 heterocycles. The van der Waals surface area contributed by atoms with Gasteiger partial charge in [0.25, 0.3) is 10.0 Å². The van der Waals surface area contributed by atoms with E-state index in [0.29, 0.717) is 0 Å². The molecule has 1 atom stereocenters. The number of ether oxygens (including phenoxy) is 1. The van der Waals surface area contributed by atoms with Crippen molar-refractivity contribution in [1.29, 1.82) is 0 Å². The first-order valence-corrected chi connectivity index (χ1v) is 13.4. The van der Waals surface area contributed by atoms with Crippen molar-refractivity contribution in [3.8, 4) is 5.75 Å². The second kappa shape index (κ2) is 10.4. The first-order chi connectivity index (χ1) is 16.0. The number of halogens is 1. The molecule has 182 valence electrons. The van der Waals surface area contributed by atoms with Crippen LogP contribution in [-0.4, -0.2) is 54.5 Å². The standard InChI is InChI=1S/C23H25FN2O6S2/c1-32-23-11-7-6-10-22(23)26(34(30,31)21-8-4-3-5-9-21)17-20(27)16-25(33(2,28)29)19-14-12-18(24)13-15-19/h3-15,20,27H,16-17H2,1-2H3. The molecule has 34 heavy (non-hydrogen) atoms. The van der Waals surface area contributed by atoms with E-state index in [9.17, 15) is 26.3 Å². The summed E-state index contributed by atoms with van der Waals surface area (Å²) in [6.07, 6.45) is -0.495. The van der Waals surface area contributed by atoms with Crippen LogP contribution in [0.2, 0.25) is 0 Å². The number of aliphatic hydroxyl groups excluding tert-OH is 1. The molecule has 0 aliphatic heterocycles. The molecule has 1 N–H and O–H groups in total. The van der Waals surface area contributed by atoms with Crippen LogP contribution in [0.5, 0.6) is 5.75 Å². The van der Waals surface area contributed by atoms with Crippen LogP contribution in [0.4, 0.5) is 15.8 Å². The van der Waals surface area contributed by atoms with Crippen LogP contribution in [0.15, 0.2) is 83.8 Å². The van der Waals surface area contributed by atoms with Gasteiger partial charge < -0.3 is 9.84 Å². The molecule has 0 saturated carbocycles. The van der Waals surface area contributed by atoms with Gasteiger partial charge >= 0.3 is 0 Å². The molecule has 1 unspecified atom stereocenters. The minimum absolute atomic E-state index is 0.00777. The number of sulfonamides is 2. The van der Waals surface area contributed by atoms with E-state index in [2.05, 4.69) is 0 Å². The largest absolute Gasteiger partial charge is 0.495 e. The minimum atomic E-state index is -4.15. The van der Waals surface area contributed by atoms with Crippen LogP contribution in [0.25, 0.3) is 0 Å². The highest BCUT2D eigenvalue weighted by atomic mass is 32.2. The monoisotopic (exact) mass is 508 g/mol. The summed E-state index contributed by atoms with van der Waals surface area (Å²) in [6, 6.07) is 18.8. The van der Waals surface area contributed by atoms with Gasteiger partial charge in [-0.25, -0.2) is 21.2 Å². The third kappa shape index (κ3) is 5.85. The Kier molecular flexibility index (Phi) is 7.80. The Balaban J connectivity index is 1.99. The highest BCUT2D eigenvalue weighted by molar-refractivity contribution is 7.93. The van der Waals surface area contributed by atoms with Crippen molar-refractivity contribution < 1.29 is 31.1 Å². The van der Waals surface area contributed by atoms with Gasteiger partial charge in [0.05, 0.1) is 48.8 Å². The van der Waals surface area contributed by atoms with E-state index in [-0.39, 0.29) is 22.0 Å². The quantitative estimate of drug-likeness (QED) is 0.452. The predicted octanol–water partition coefficient (Wildman–Crippen LogP) is 2.86. The smallest absolute Gasteiger partial charge is 0.264 e. The molecular weight excluding hydrogens is 483 g/mol. The topological polar surface area (TPSA) is 104 Å². The van der Waals surface area contributed by atoms with Crippen molar-refractivity contribution in [1.82, 2.24) is 0 Å². The lowest BCUT2D eigenvalue weighted by Crippen LogP contribution is -2.44. The molecule has 0 amide bonds. The first kappa shape index (κ1) is 25.5. The predicted molar refractivity (Wildman–Crippen MR) is 129 cm³/mol. The van der Waals surface area contributed by atoms with E-state index in [1.165, 1.54) is 37.4 Å². The zero-order valence-electron chi connectivity index (χ0n) is 18.6. The molecule has 0 bridgehead atoms. The summed E-state index contributed by atoms with van der Waals surface area (Å²) in [5.74, 6) is -0.290. The van der Waals surface area contributed by atoms with Gasteiger partial charge in [0.15, 0.2) is 0 Å². The maximum Gasteiger partial charge on any atom is 0.264 e. The molecule has 3 aromatic carbocycles. The summed E-state index contributed by atoms with van der Waals surface area (Å²) in [7, 11) is -6.62. The Morgan fingerprint density at radius 2 is 1.41 bits per heavy atom. The normalized spacial score (nSPS) is 12.7.